The Labute approximate surface area is 160 Å². The van der Waals surface area contributed by atoms with Crippen molar-refractivity contribution in [1.29, 1.82) is 0 Å². The van der Waals surface area contributed by atoms with Crippen molar-refractivity contribution in [3.63, 3.8) is 0 Å². The summed E-state index contributed by atoms with van der Waals surface area (Å²) in [7, 11) is 0. The Morgan fingerprint density at radius 1 is 1.11 bits per heavy atom. The first-order chi connectivity index (χ1) is 13.3. The average molecular weight is 394 g/mol. The molecular formula is C19H21F3N4O2. The number of hydrogen-bond acceptors (Lipinski definition) is 5. The number of benzene rings is 1. The van der Waals surface area contributed by atoms with Crippen LogP contribution >= 0.6 is 0 Å². The molecule has 3 rings (SSSR count). The van der Waals surface area contributed by atoms with E-state index < -0.39 is 17.6 Å². The summed E-state index contributed by atoms with van der Waals surface area (Å²) in [4.78, 5) is 20.7. The highest BCUT2D eigenvalue weighted by molar-refractivity contribution is 6.05. The number of aliphatic hydroxyl groups is 1. The maximum atomic E-state index is 12.6. The fraction of sp³-hybridized carbons (Fsp3) is 0.421. The van der Waals surface area contributed by atoms with Gasteiger partial charge in [0.25, 0.3) is 5.91 Å². The van der Waals surface area contributed by atoms with Gasteiger partial charge < -0.3 is 15.7 Å². The van der Waals surface area contributed by atoms with Crippen LogP contribution in [-0.2, 0) is 6.18 Å². The highest BCUT2D eigenvalue weighted by Gasteiger charge is 2.30. The number of halogens is 3. The number of anilines is 2. The van der Waals surface area contributed by atoms with Crippen molar-refractivity contribution in [2.24, 2.45) is 5.92 Å². The van der Waals surface area contributed by atoms with E-state index in [4.69, 9.17) is 0 Å². The molecule has 2 atom stereocenters. The third kappa shape index (κ3) is 4.98. The second kappa shape index (κ2) is 8.55. The molecule has 0 spiro atoms. The number of aliphatic hydroxyl groups excluding tert-OH is 1. The molecule has 0 bridgehead atoms. The molecule has 2 unspecified atom stereocenters. The van der Waals surface area contributed by atoms with Crippen molar-refractivity contribution >= 4 is 17.4 Å². The molecule has 1 aliphatic rings. The normalized spacial score (nSPS) is 19.9. The minimum absolute atomic E-state index is 0.0349. The predicted molar refractivity (Wildman–Crippen MR) is 97.9 cm³/mol. The van der Waals surface area contributed by atoms with E-state index in [1.807, 2.05) is 0 Å². The van der Waals surface area contributed by atoms with Crippen molar-refractivity contribution in [3.8, 4) is 0 Å². The van der Waals surface area contributed by atoms with Crippen molar-refractivity contribution in [2.75, 3.05) is 17.2 Å². The molecule has 28 heavy (non-hydrogen) atoms. The van der Waals surface area contributed by atoms with Crippen LogP contribution in [0.25, 0.3) is 0 Å². The quantitative estimate of drug-likeness (QED) is 0.720. The van der Waals surface area contributed by atoms with Crippen molar-refractivity contribution in [3.05, 3.63) is 47.9 Å². The highest BCUT2D eigenvalue weighted by atomic mass is 19.4. The Morgan fingerprint density at radius 3 is 2.46 bits per heavy atom. The molecule has 1 amide bonds. The fourth-order valence-corrected chi connectivity index (χ4v) is 3.22. The van der Waals surface area contributed by atoms with Gasteiger partial charge in [-0.15, -0.1) is 0 Å². The lowest BCUT2D eigenvalue weighted by atomic mass is 9.86. The van der Waals surface area contributed by atoms with Crippen LogP contribution in [0.4, 0.5) is 24.7 Å². The van der Waals surface area contributed by atoms with Gasteiger partial charge in [-0.3, -0.25) is 4.79 Å². The van der Waals surface area contributed by atoms with E-state index in [9.17, 15) is 23.1 Å². The fourth-order valence-electron chi connectivity index (χ4n) is 3.22. The van der Waals surface area contributed by atoms with Crippen molar-refractivity contribution < 1.29 is 23.1 Å². The molecule has 6 nitrogen and oxygen atoms in total. The molecule has 1 aliphatic carbocycles. The summed E-state index contributed by atoms with van der Waals surface area (Å²) >= 11 is 0. The first kappa shape index (κ1) is 20.1. The van der Waals surface area contributed by atoms with Gasteiger partial charge in [0.15, 0.2) is 11.5 Å². The van der Waals surface area contributed by atoms with Gasteiger partial charge >= 0.3 is 6.18 Å². The van der Waals surface area contributed by atoms with Gasteiger partial charge in [0.2, 0.25) is 0 Å². The number of nitrogens with one attached hydrogen (secondary N) is 2. The van der Waals surface area contributed by atoms with Crippen molar-refractivity contribution in [2.45, 2.75) is 38.0 Å². The maximum Gasteiger partial charge on any atom is 0.416 e. The van der Waals surface area contributed by atoms with Crippen LogP contribution in [0.2, 0.25) is 0 Å². The predicted octanol–water partition coefficient (Wildman–Crippen LogP) is 3.71. The van der Waals surface area contributed by atoms with E-state index in [0.29, 0.717) is 6.54 Å². The first-order valence-corrected chi connectivity index (χ1v) is 9.06. The van der Waals surface area contributed by atoms with Crippen LogP contribution in [0, 0.1) is 5.92 Å². The lowest BCUT2D eigenvalue weighted by Gasteiger charge is -2.27. The largest absolute Gasteiger partial charge is 0.416 e. The van der Waals surface area contributed by atoms with Crippen LogP contribution in [-0.4, -0.2) is 33.6 Å². The lowest BCUT2D eigenvalue weighted by molar-refractivity contribution is -0.137. The van der Waals surface area contributed by atoms with E-state index in [1.165, 1.54) is 24.5 Å². The topological polar surface area (TPSA) is 87.1 Å². The molecular weight excluding hydrogens is 373 g/mol. The van der Waals surface area contributed by atoms with E-state index in [1.54, 1.807) is 0 Å². The number of hydrogen-bond donors (Lipinski definition) is 3. The molecule has 1 aromatic heterocycles. The molecule has 1 fully saturated rings. The third-order valence-electron chi connectivity index (χ3n) is 4.78. The molecule has 0 radical (unpaired) electrons. The molecule has 2 aromatic rings. The van der Waals surface area contributed by atoms with E-state index in [0.717, 1.165) is 37.8 Å². The number of nitrogens with zero attached hydrogens (tertiary/aromatic N) is 2. The van der Waals surface area contributed by atoms with Crippen LogP contribution in [0.3, 0.4) is 0 Å². The maximum absolute atomic E-state index is 12.6. The SMILES string of the molecule is O=C(Nc1ccc(C(F)(F)F)cc1)c1nccnc1NCC1CCCCC1O. The molecule has 0 aliphatic heterocycles. The summed E-state index contributed by atoms with van der Waals surface area (Å²) < 4.78 is 37.9. The van der Waals surface area contributed by atoms with Crippen molar-refractivity contribution in [1.82, 2.24) is 9.97 Å². The Morgan fingerprint density at radius 2 is 1.79 bits per heavy atom. The molecule has 3 N–H and O–H groups in total. The minimum atomic E-state index is -4.44. The average Bonchev–Trinajstić information content (AvgIpc) is 2.67. The molecule has 0 saturated heterocycles. The minimum Gasteiger partial charge on any atom is -0.393 e. The van der Waals surface area contributed by atoms with Crippen LogP contribution in [0.15, 0.2) is 36.7 Å². The summed E-state index contributed by atoms with van der Waals surface area (Å²) in [6.45, 7) is 0.459. The van der Waals surface area contributed by atoms with Gasteiger partial charge in [-0.1, -0.05) is 12.8 Å². The molecule has 1 heterocycles. The van der Waals surface area contributed by atoms with E-state index in [-0.39, 0.29) is 29.2 Å². The smallest absolute Gasteiger partial charge is 0.393 e. The molecule has 1 aromatic carbocycles. The zero-order chi connectivity index (χ0) is 20.1. The zero-order valence-electron chi connectivity index (χ0n) is 15.0. The monoisotopic (exact) mass is 394 g/mol. The number of aromatic nitrogens is 2. The number of rotatable bonds is 5. The van der Waals surface area contributed by atoms with Gasteiger partial charge in [0.05, 0.1) is 11.7 Å². The first-order valence-electron chi connectivity index (χ1n) is 9.06. The lowest BCUT2D eigenvalue weighted by Crippen LogP contribution is -2.31. The Kier molecular flexibility index (Phi) is 6.13. The number of alkyl halides is 3. The van der Waals surface area contributed by atoms with Gasteiger partial charge in [-0.2, -0.15) is 13.2 Å². The molecule has 1 saturated carbocycles. The van der Waals surface area contributed by atoms with Gasteiger partial charge in [-0.25, -0.2) is 9.97 Å². The summed E-state index contributed by atoms with van der Waals surface area (Å²) in [5, 5.41) is 15.7. The zero-order valence-corrected chi connectivity index (χ0v) is 15.0. The van der Waals surface area contributed by atoms with Crippen LogP contribution < -0.4 is 10.6 Å². The van der Waals surface area contributed by atoms with Crippen LogP contribution in [0.5, 0.6) is 0 Å². The Hall–Kier alpha value is -2.68. The number of carbonyl (C=O) groups excluding carboxylic acids is 1. The third-order valence-corrected chi connectivity index (χ3v) is 4.78. The van der Waals surface area contributed by atoms with E-state index >= 15 is 0 Å². The van der Waals surface area contributed by atoms with Gasteiger partial charge in [0.1, 0.15) is 0 Å². The highest BCUT2D eigenvalue weighted by Crippen LogP contribution is 2.30. The number of carbonyl (C=O) groups is 1. The summed E-state index contributed by atoms with van der Waals surface area (Å²) in [6, 6.07) is 4.16. The summed E-state index contributed by atoms with van der Waals surface area (Å²) in [6.07, 6.45) is 1.68. The molecule has 150 valence electrons. The summed E-state index contributed by atoms with van der Waals surface area (Å²) in [5.41, 5.74) is -0.539. The van der Waals surface area contributed by atoms with Crippen LogP contribution in [0.1, 0.15) is 41.7 Å². The van der Waals surface area contributed by atoms with Gasteiger partial charge in [0, 0.05) is 30.5 Å². The summed E-state index contributed by atoms with van der Waals surface area (Å²) in [5.74, 6) is -0.245. The second-order valence-electron chi connectivity index (χ2n) is 6.78. The number of amides is 1. The Balaban J connectivity index is 1.67. The molecule has 9 heteroatoms. The van der Waals surface area contributed by atoms with Gasteiger partial charge in [-0.05, 0) is 37.1 Å². The van der Waals surface area contributed by atoms with E-state index in [2.05, 4.69) is 20.6 Å². The Bertz CT molecular complexity index is 812. The standard InChI is InChI=1S/C19H21F3N4O2/c20-19(21,22)13-5-7-14(8-6-13)26-18(28)16-17(24-10-9-23-16)25-11-12-3-1-2-4-15(12)27/h5-10,12,15,27H,1-4,11H2,(H,24,25)(H,26,28). The second-order valence-corrected chi connectivity index (χ2v) is 6.78.